The van der Waals surface area contributed by atoms with Gasteiger partial charge in [0, 0.05) is 16.3 Å². The molecular formula is C13H15BrO3. The standard InChI is InChI=1S/C13H15BrO3/c1-9(5-12(15)16)13(7-17-8-13)10-3-2-4-11(14)6-10/h2-4,6,9H,5,7-8H2,1H3,(H,15,16). The number of hydrogen-bond acceptors (Lipinski definition) is 2. The Kier molecular flexibility index (Phi) is 3.54. The molecule has 1 aromatic carbocycles. The molecule has 1 atom stereocenters. The van der Waals surface area contributed by atoms with Crippen molar-refractivity contribution < 1.29 is 14.6 Å². The average molecular weight is 299 g/mol. The lowest BCUT2D eigenvalue weighted by atomic mass is 9.68. The molecule has 1 saturated heterocycles. The monoisotopic (exact) mass is 298 g/mol. The maximum Gasteiger partial charge on any atom is 0.303 e. The number of halogens is 1. The Balaban J connectivity index is 2.28. The van der Waals surface area contributed by atoms with Crippen molar-refractivity contribution in [1.82, 2.24) is 0 Å². The maximum atomic E-state index is 10.8. The first-order valence-electron chi connectivity index (χ1n) is 5.60. The molecule has 1 N–H and O–H groups in total. The van der Waals surface area contributed by atoms with Crippen molar-refractivity contribution in [3.8, 4) is 0 Å². The number of hydrogen-bond donors (Lipinski definition) is 1. The van der Waals surface area contributed by atoms with Crippen LogP contribution in [0.15, 0.2) is 28.7 Å². The summed E-state index contributed by atoms with van der Waals surface area (Å²) in [5.74, 6) is -0.679. The van der Waals surface area contributed by atoms with Gasteiger partial charge in [0.05, 0.1) is 13.2 Å². The van der Waals surface area contributed by atoms with E-state index in [4.69, 9.17) is 9.84 Å². The number of rotatable bonds is 4. The summed E-state index contributed by atoms with van der Waals surface area (Å²) in [7, 11) is 0. The summed E-state index contributed by atoms with van der Waals surface area (Å²) in [6.07, 6.45) is 0.176. The van der Waals surface area contributed by atoms with Crippen LogP contribution in [0.5, 0.6) is 0 Å². The zero-order chi connectivity index (χ0) is 12.5. The average Bonchev–Trinajstić information content (AvgIpc) is 2.14. The van der Waals surface area contributed by atoms with Gasteiger partial charge >= 0.3 is 5.97 Å². The summed E-state index contributed by atoms with van der Waals surface area (Å²) in [6, 6.07) is 8.05. The first kappa shape index (κ1) is 12.6. The van der Waals surface area contributed by atoms with Gasteiger partial charge in [0.1, 0.15) is 0 Å². The van der Waals surface area contributed by atoms with Crippen LogP contribution in [0.1, 0.15) is 18.9 Å². The third kappa shape index (κ3) is 2.38. The highest BCUT2D eigenvalue weighted by Gasteiger charge is 2.45. The van der Waals surface area contributed by atoms with E-state index in [1.165, 1.54) is 0 Å². The molecule has 0 bridgehead atoms. The van der Waals surface area contributed by atoms with Crippen LogP contribution in [0, 0.1) is 5.92 Å². The number of aliphatic carboxylic acids is 1. The predicted octanol–water partition coefficient (Wildman–Crippen LogP) is 2.83. The fourth-order valence-corrected chi connectivity index (χ4v) is 2.71. The van der Waals surface area contributed by atoms with E-state index in [1.807, 2.05) is 25.1 Å². The van der Waals surface area contributed by atoms with Crippen molar-refractivity contribution in [2.24, 2.45) is 5.92 Å². The Bertz CT molecular complexity index is 426. The lowest BCUT2D eigenvalue weighted by Gasteiger charge is -2.46. The predicted molar refractivity (Wildman–Crippen MR) is 68.1 cm³/mol. The molecule has 0 aliphatic carbocycles. The molecule has 1 aliphatic rings. The van der Waals surface area contributed by atoms with Gasteiger partial charge in [-0.2, -0.15) is 0 Å². The third-order valence-electron chi connectivity index (χ3n) is 3.54. The Morgan fingerprint density at radius 3 is 2.76 bits per heavy atom. The Morgan fingerprint density at radius 1 is 1.59 bits per heavy atom. The third-order valence-corrected chi connectivity index (χ3v) is 4.04. The quantitative estimate of drug-likeness (QED) is 0.930. The molecule has 1 aromatic rings. The summed E-state index contributed by atoms with van der Waals surface area (Å²) >= 11 is 3.45. The second kappa shape index (κ2) is 4.78. The van der Waals surface area contributed by atoms with Crippen molar-refractivity contribution >= 4 is 21.9 Å². The summed E-state index contributed by atoms with van der Waals surface area (Å²) in [4.78, 5) is 10.8. The van der Waals surface area contributed by atoms with Crippen LogP contribution in [0.2, 0.25) is 0 Å². The minimum absolute atomic E-state index is 0.0723. The van der Waals surface area contributed by atoms with E-state index in [0.717, 1.165) is 10.0 Å². The molecule has 3 nitrogen and oxygen atoms in total. The molecule has 92 valence electrons. The van der Waals surface area contributed by atoms with E-state index in [0.29, 0.717) is 13.2 Å². The van der Waals surface area contributed by atoms with Crippen LogP contribution in [0.3, 0.4) is 0 Å². The van der Waals surface area contributed by atoms with Gasteiger partial charge in [-0.15, -0.1) is 0 Å². The van der Waals surface area contributed by atoms with Gasteiger partial charge in [-0.3, -0.25) is 4.79 Å². The van der Waals surface area contributed by atoms with E-state index in [2.05, 4.69) is 22.0 Å². The number of ether oxygens (including phenoxy) is 1. The SMILES string of the molecule is CC(CC(=O)O)C1(c2cccc(Br)c2)COC1. The molecule has 0 radical (unpaired) electrons. The molecular weight excluding hydrogens is 284 g/mol. The van der Waals surface area contributed by atoms with Crippen molar-refractivity contribution in [2.75, 3.05) is 13.2 Å². The Hall–Kier alpha value is -0.870. The molecule has 1 unspecified atom stereocenters. The fourth-order valence-electron chi connectivity index (χ4n) is 2.31. The first-order valence-corrected chi connectivity index (χ1v) is 6.39. The molecule has 0 saturated carbocycles. The minimum Gasteiger partial charge on any atom is -0.481 e. The zero-order valence-corrected chi connectivity index (χ0v) is 11.2. The largest absolute Gasteiger partial charge is 0.481 e. The number of carboxylic acid groups (broad SMARTS) is 1. The van der Waals surface area contributed by atoms with Gasteiger partial charge in [0.15, 0.2) is 0 Å². The maximum absolute atomic E-state index is 10.8. The highest BCUT2D eigenvalue weighted by atomic mass is 79.9. The van der Waals surface area contributed by atoms with Gasteiger partial charge in [-0.05, 0) is 23.6 Å². The number of carboxylic acids is 1. The molecule has 1 aliphatic heterocycles. The zero-order valence-electron chi connectivity index (χ0n) is 9.65. The molecule has 1 fully saturated rings. The number of benzene rings is 1. The van der Waals surface area contributed by atoms with E-state index < -0.39 is 5.97 Å². The summed E-state index contributed by atoms with van der Waals surface area (Å²) in [5.41, 5.74) is 1.02. The van der Waals surface area contributed by atoms with Gasteiger partial charge in [0.2, 0.25) is 0 Å². The summed E-state index contributed by atoms with van der Waals surface area (Å²) < 4.78 is 6.34. The van der Waals surface area contributed by atoms with Crippen LogP contribution in [0.25, 0.3) is 0 Å². The van der Waals surface area contributed by atoms with Crippen molar-refractivity contribution in [2.45, 2.75) is 18.8 Å². The minimum atomic E-state index is -0.751. The normalized spacial score (nSPS) is 19.4. The second-order valence-electron chi connectivity index (χ2n) is 4.66. The smallest absolute Gasteiger partial charge is 0.303 e. The fraction of sp³-hybridized carbons (Fsp3) is 0.462. The van der Waals surface area contributed by atoms with E-state index in [-0.39, 0.29) is 17.8 Å². The van der Waals surface area contributed by atoms with Gasteiger partial charge in [0.25, 0.3) is 0 Å². The lowest BCUT2D eigenvalue weighted by molar-refractivity contribution is -0.142. The molecule has 1 heterocycles. The van der Waals surface area contributed by atoms with E-state index in [9.17, 15) is 4.79 Å². The highest BCUT2D eigenvalue weighted by Crippen LogP contribution is 2.41. The van der Waals surface area contributed by atoms with E-state index in [1.54, 1.807) is 0 Å². The summed E-state index contributed by atoms with van der Waals surface area (Å²) in [5, 5.41) is 8.92. The van der Waals surface area contributed by atoms with Crippen molar-refractivity contribution in [3.63, 3.8) is 0 Å². The second-order valence-corrected chi connectivity index (χ2v) is 5.57. The van der Waals surface area contributed by atoms with Gasteiger partial charge in [-0.1, -0.05) is 35.0 Å². The van der Waals surface area contributed by atoms with Gasteiger partial charge in [-0.25, -0.2) is 0 Å². The van der Waals surface area contributed by atoms with Crippen molar-refractivity contribution in [3.05, 3.63) is 34.3 Å². The van der Waals surface area contributed by atoms with Crippen molar-refractivity contribution in [1.29, 1.82) is 0 Å². The molecule has 0 amide bonds. The summed E-state index contributed by atoms with van der Waals surface area (Å²) in [6.45, 7) is 3.20. The molecule has 4 heteroatoms. The highest BCUT2D eigenvalue weighted by molar-refractivity contribution is 9.10. The molecule has 2 rings (SSSR count). The lowest BCUT2D eigenvalue weighted by Crippen LogP contribution is -2.52. The van der Waals surface area contributed by atoms with E-state index >= 15 is 0 Å². The molecule has 0 aromatic heterocycles. The first-order chi connectivity index (χ1) is 8.04. The number of carbonyl (C=O) groups is 1. The van der Waals surface area contributed by atoms with Crippen LogP contribution in [-0.4, -0.2) is 24.3 Å². The molecule has 17 heavy (non-hydrogen) atoms. The van der Waals surface area contributed by atoms with Crippen LogP contribution in [-0.2, 0) is 14.9 Å². The topological polar surface area (TPSA) is 46.5 Å². The van der Waals surface area contributed by atoms with Gasteiger partial charge < -0.3 is 9.84 Å². The Labute approximate surface area is 109 Å². The molecule has 0 spiro atoms. The Morgan fingerprint density at radius 2 is 2.29 bits per heavy atom. The van der Waals surface area contributed by atoms with Crippen LogP contribution in [0.4, 0.5) is 0 Å². The van der Waals surface area contributed by atoms with Crippen LogP contribution < -0.4 is 0 Å². The van der Waals surface area contributed by atoms with Crippen LogP contribution >= 0.6 is 15.9 Å².